The van der Waals surface area contributed by atoms with Gasteiger partial charge in [-0.25, -0.2) is 4.79 Å². The highest BCUT2D eigenvalue weighted by atomic mass is 16.5. The molecule has 0 fully saturated rings. The zero-order chi connectivity index (χ0) is 17.2. The smallest absolute Gasteiger partial charge is 0.330 e. The lowest BCUT2D eigenvalue weighted by Gasteiger charge is -2.09. The van der Waals surface area contributed by atoms with Crippen LogP contribution in [-0.4, -0.2) is 26.8 Å². The van der Waals surface area contributed by atoms with Crippen LogP contribution in [0.5, 0.6) is 11.5 Å². The van der Waals surface area contributed by atoms with Crippen LogP contribution in [0, 0.1) is 0 Å². The van der Waals surface area contributed by atoms with Gasteiger partial charge in [0.15, 0.2) is 11.5 Å². The van der Waals surface area contributed by atoms with Gasteiger partial charge in [-0.2, -0.15) is 0 Å². The molecule has 0 heterocycles. The second-order valence-corrected chi connectivity index (χ2v) is 5.45. The van der Waals surface area contributed by atoms with Crippen LogP contribution in [0.25, 0.3) is 6.08 Å². The van der Waals surface area contributed by atoms with Gasteiger partial charge >= 0.3 is 5.97 Å². The lowest BCUT2D eigenvalue weighted by Crippen LogP contribution is -2.02. The number of carbonyl (C=O) groups is 1. The van der Waals surface area contributed by atoms with Crippen LogP contribution < -0.4 is 9.47 Å². The van der Waals surface area contributed by atoms with E-state index >= 15 is 0 Å². The molecule has 0 aromatic heterocycles. The number of hydrogen-bond donors (Lipinski definition) is 0. The molecule has 24 heavy (non-hydrogen) atoms. The van der Waals surface area contributed by atoms with Crippen LogP contribution in [0.4, 0.5) is 0 Å². The number of para-hydroxylation sites is 1. The van der Waals surface area contributed by atoms with E-state index in [9.17, 15) is 4.79 Å². The zero-order valence-electron chi connectivity index (χ0n) is 14.3. The van der Waals surface area contributed by atoms with Crippen molar-refractivity contribution in [2.75, 3.05) is 20.8 Å². The summed E-state index contributed by atoms with van der Waals surface area (Å²) in [6, 6.07) is 5.51. The quantitative estimate of drug-likeness (QED) is 0.405. The Morgan fingerprint density at radius 1 is 1.21 bits per heavy atom. The third-order valence-corrected chi connectivity index (χ3v) is 3.76. The fraction of sp³-hybridized carbons (Fsp3) is 0.350. The fourth-order valence-electron chi connectivity index (χ4n) is 2.55. The van der Waals surface area contributed by atoms with Crippen molar-refractivity contribution in [1.82, 2.24) is 0 Å². The Morgan fingerprint density at radius 2 is 2.08 bits per heavy atom. The van der Waals surface area contributed by atoms with Crippen molar-refractivity contribution < 1.29 is 19.0 Å². The maximum Gasteiger partial charge on any atom is 0.330 e. The molecule has 0 N–H and O–H groups in total. The van der Waals surface area contributed by atoms with E-state index in [1.165, 1.54) is 11.6 Å². The Hall–Kier alpha value is -2.49. The Kier molecular flexibility index (Phi) is 7.15. The summed E-state index contributed by atoms with van der Waals surface area (Å²) in [5.74, 6) is 0.870. The molecule has 0 spiro atoms. The second-order valence-electron chi connectivity index (χ2n) is 5.45. The lowest BCUT2D eigenvalue weighted by molar-refractivity contribution is -0.137. The van der Waals surface area contributed by atoms with Gasteiger partial charge in [0, 0.05) is 11.6 Å². The standard InChI is InChI=1S/C20H24O4/c1-22-18-12-6-11-17(20(18)23-2)13-14-19(21)24-15-7-10-16-8-4-3-5-9-16/h4,6,8-9,11-14H,3,5,7,10,15H2,1-2H3/b14-13+. The number of ether oxygens (including phenoxy) is 3. The van der Waals surface area contributed by atoms with Crippen LogP contribution in [0.3, 0.4) is 0 Å². The highest BCUT2D eigenvalue weighted by molar-refractivity contribution is 5.87. The largest absolute Gasteiger partial charge is 0.493 e. The van der Waals surface area contributed by atoms with Crippen molar-refractivity contribution in [3.8, 4) is 11.5 Å². The number of rotatable bonds is 8. The second kappa shape index (κ2) is 9.60. The predicted molar refractivity (Wildman–Crippen MR) is 95.2 cm³/mol. The van der Waals surface area contributed by atoms with Crippen molar-refractivity contribution in [2.24, 2.45) is 0 Å². The molecule has 0 atom stereocenters. The molecule has 1 aliphatic rings. The third-order valence-electron chi connectivity index (χ3n) is 3.76. The van der Waals surface area contributed by atoms with Crippen molar-refractivity contribution in [1.29, 1.82) is 0 Å². The predicted octanol–water partition coefficient (Wildman–Crippen LogP) is 4.32. The summed E-state index contributed by atoms with van der Waals surface area (Å²) in [6.07, 6.45) is 13.7. The fourth-order valence-corrected chi connectivity index (χ4v) is 2.55. The molecule has 128 valence electrons. The molecule has 0 aliphatic heterocycles. The van der Waals surface area contributed by atoms with Crippen LogP contribution in [0.2, 0.25) is 0 Å². The molecule has 1 aliphatic carbocycles. The Balaban J connectivity index is 1.80. The summed E-state index contributed by atoms with van der Waals surface area (Å²) < 4.78 is 15.8. The molecule has 0 unspecified atom stereocenters. The van der Waals surface area contributed by atoms with E-state index in [2.05, 4.69) is 18.2 Å². The van der Waals surface area contributed by atoms with Gasteiger partial charge < -0.3 is 14.2 Å². The molecular formula is C20H24O4. The Bertz CT molecular complexity index is 641. The van der Waals surface area contributed by atoms with E-state index in [1.807, 2.05) is 18.2 Å². The van der Waals surface area contributed by atoms with Gasteiger partial charge in [0.2, 0.25) is 0 Å². The van der Waals surface area contributed by atoms with E-state index in [-0.39, 0.29) is 5.97 Å². The summed E-state index contributed by atoms with van der Waals surface area (Å²) in [7, 11) is 3.15. The van der Waals surface area contributed by atoms with E-state index in [4.69, 9.17) is 14.2 Å². The van der Waals surface area contributed by atoms with Crippen molar-refractivity contribution in [3.05, 3.63) is 53.6 Å². The minimum Gasteiger partial charge on any atom is -0.493 e. The minimum absolute atomic E-state index is 0.354. The number of methoxy groups -OCH3 is 2. The van der Waals surface area contributed by atoms with Crippen LogP contribution >= 0.6 is 0 Å². The number of carbonyl (C=O) groups excluding carboxylic acids is 1. The van der Waals surface area contributed by atoms with Gasteiger partial charge in [-0.05, 0) is 37.8 Å². The number of benzene rings is 1. The summed E-state index contributed by atoms with van der Waals surface area (Å²) in [5.41, 5.74) is 2.10. The van der Waals surface area contributed by atoms with E-state index < -0.39 is 0 Å². The van der Waals surface area contributed by atoms with Crippen LogP contribution in [-0.2, 0) is 9.53 Å². The molecule has 4 heteroatoms. The molecule has 2 rings (SSSR count). The van der Waals surface area contributed by atoms with E-state index in [0.717, 1.165) is 31.2 Å². The zero-order valence-corrected chi connectivity index (χ0v) is 14.3. The molecule has 1 aromatic rings. The molecule has 4 nitrogen and oxygen atoms in total. The van der Waals surface area contributed by atoms with Crippen molar-refractivity contribution in [2.45, 2.75) is 25.7 Å². The molecular weight excluding hydrogens is 304 g/mol. The monoisotopic (exact) mass is 328 g/mol. The first-order valence-electron chi connectivity index (χ1n) is 8.16. The normalized spacial score (nSPS) is 13.7. The molecule has 0 amide bonds. The number of esters is 1. The summed E-state index contributed by atoms with van der Waals surface area (Å²) >= 11 is 0. The number of hydrogen-bond acceptors (Lipinski definition) is 4. The summed E-state index contributed by atoms with van der Waals surface area (Å²) in [5, 5.41) is 0. The highest BCUT2D eigenvalue weighted by Gasteiger charge is 2.07. The molecule has 1 aromatic carbocycles. The van der Waals surface area contributed by atoms with Crippen LogP contribution in [0.1, 0.15) is 31.2 Å². The van der Waals surface area contributed by atoms with Crippen molar-refractivity contribution in [3.63, 3.8) is 0 Å². The van der Waals surface area contributed by atoms with Gasteiger partial charge in [0.25, 0.3) is 0 Å². The highest BCUT2D eigenvalue weighted by Crippen LogP contribution is 2.31. The lowest BCUT2D eigenvalue weighted by atomic mass is 10.0. The minimum atomic E-state index is -0.354. The van der Waals surface area contributed by atoms with E-state index in [0.29, 0.717) is 18.1 Å². The SMILES string of the molecule is COc1cccc(/C=C/C(=O)OCCCC2=CCCC=C2)c1OC. The first-order valence-corrected chi connectivity index (χ1v) is 8.16. The van der Waals surface area contributed by atoms with Crippen molar-refractivity contribution >= 4 is 12.0 Å². The first-order chi connectivity index (χ1) is 11.7. The molecule has 0 radical (unpaired) electrons. The summed E-state index contributed by atoms with van der Waals surface area (Å²) in [4.78, 5) is 11.8. The van der Waals surface area contributed by atoms with E-state index in [1.54, 1.807) is 20.3 Å². The topological polar surface area (TPSA) is 44.8 Å². The molecule has 0 saturated carbocycles. The number of allylic oxidation sites excluding steroid dienone is 4. The average molecular weight is 328 g/mol. The Labute approximate surface area is 143 Å². The maximum atomic E-state index is 11.8. The summed E-state index contributed by atoms with van der Waals surface area (Å²) in [6.45, 7) is 0.420. The van der Waals surface area contributed by atoms with Gasteiger partial charge in [0.1, 0.15) is 0 Å². The van der Waals surface area contributed by atoms with Gasteiger partial charge in [-0.3, -0.25) is 0 Å². The molecule has 0 saturated heterocycles. The van der Waals surface area contributed by atoms with Crippen LogP contribution in [0.15, 0.2) is 48.1 Å². The van der Waals surface area contributed by atoms with Gasteiger partial charge in [0.05, 0.1) is 20.8 Å². The van der Waals surface area contributed by atoms with Gasteiger partial charge in [-0.15, -0.1) is 0 Å². The third kappa shape index (κ3) is 5.30. The van der Waals surface area contributed by atoms with Gasteiger partial charge in [-0.1, -0.05) is 35.9 Å². The first kappa shape index (κ1) is 17.9. The Morgan fingerprint density at radius 3 is 2.79 bits per heavy atom. The molecule has 0 bridgehead atoms. The maximum absolute atomic E-state index is 11.8. The average Bonchev–Trinajstić information content (AvgIpc) is 2.63.